The topological polar surface area (TPSA) is 70.0 Å². The summed E-state index contributed by atoms with van der Waals surface area (Å²) in [4.78, 5) is 18.9. The summed E-state index contributed by atoms with van der Waals surface area (Å²) in [6, 6.07) is 0.248. The molecule has 0 spiro atoms. The number of phosphoric acid groups is 1. The molecule has 0 aliphatic heterocycles. The van der Waals surface area contributed by atoms with E-state index < -0.39 is 7.82 Å². The highest BCUT2D eigenvalue weighted by molar-refractivity contribution is 7.80. The van der Waals surface area contributed by atoms with Crippen LogP contribution in [0.25, 0.3) is 0 Å². The van der Waals surface area contributed by atoms with E-state index in [2.05, 4.69) is 4.52 Å². The summed E-state index contributed by atoms with van der Waals surface area (Å²) >= 11 is 4.82. The van der Waals surface area contributed by atoms with Gasteiger partial charge in [-0.1, -0.05) is 19.3 Å². The van der Waals surface area contributed by atoms with Gasteiger partial charge in [0.15, 0.2) is 0 Å². The molecule has 0 bridgehead atoms. The Hall–Kier alpha value is -0.160. The second-order valence-corrected chi connectivity index (χ2v) is 5.26. The van der Waals surface area contributed by atoms with Crippen LogP contribution in [0.4, 0.5) is 0 Å². The lowest BCUT2D eigenvalue weighted by Gasteiger charge is -2.32. The molecule has 1 saturated carbocycles. The van der Waals surface area contributed by atoms with Gasteiger partial charge < -0.3 is 9.42 Å². The van der Waals surface area contributed by atoms with E-state index in [1.807, 2.05) is 0 Å². The van der Waals surface area contributed by atoms with Gasteiger partial charge in [-0.15, -0.1) is 0 Å². The van der Waals surface area contributed by atoms with E-state index in [9.17, 15) is 4.57 Å². The molecular weight excluding hydrogens is 237 g/mol. The minimum Gasteiger partial charge on any atom is -0.377 e. The van der Waals surface area contributed by atoms with Gasteiger partial charge in [-0.2, -0.15) is 0 Å². The first-order chi connectivity index (χ1) is 6.90. The highest BCUT2D eigenvalue weighted by atomic mass is 32.1. The zero-order valence-electron chi connectivity index (χ0n) is 8.63. The van der Waals surface area contributed by atoms with E-state index in [0.29, 0.717) is 0 Å². The van der Waals surface area contributed by atoms with E-state index in [1.165, 1.54) is 6.42 Å². The first-order valence-electron chi connectivity index (χ1n) is 4.92. The molecule has 0 radical (unpaired) electrons. The summed E-state index contributed by atoms with van der Waals surface area (Å²) in [5, 5.41) is -0.116. The van der Waals surface area contributed by atoms with E-state index in [-0.39, 0.29) is 11.2 Å². The fraction of sp³-hybridized carbons (Fsp3) is 0.875. The summed E-state index contributed by atoms with van der Waals surface area (Å²) in [7, 11) is -2.79. The molecule has 15 heavy (non-hydrogen) atoms. The third-order valence-corrected chi connectivity index (χ3v) is 3.51. The van der Waals surface area contributed by atoms with Gasteiger partial charge in [0.05, 0.1) is 0 Å². The van der Waals surface area contributed by atoms with Crippen molar-refractivity contribution in [2.45, 2.75) is 38.1 Å². The zero-order chi connectivity index (χ0) is 11.5. The van der Waals surface area contributed by atoms with E-state index >= 15 is 0 Å². The van der Waals surface area contributed by atoms with E-state index in [1.54, 1.807) is 11.9 Å². The molecule has 1 aliphatic carbocycles. The highest BCUT2D eigenvalue weighted by Gasteiger charge is 2.25. The third kappa shape index (κ3) is 4.47. The number of phosphoric ester groups is 1. The summed E-state index contributed by atoms with van der Waals surface area (Å²) < 4.78 is 15.0. The predicted molar refractivity (Wildman–Crippen MR) is 60.4 cm³/mol. The quantitative estimate of drug-likeness (QED) is 0.576. The van der Waals surface area contributed by atoms with Crippen LogP contribution < -0.4 is 0 Å². The Bertz CT molecular complexity index is 274. The van der Waals surface area contributed by atoms with Crippen LogP contribution >= 0.6 is 20.0 Å². The number of thiocarbonyl (C=S) groups is 1. The molecule has 0 aromatic rings. The van der Waals surface area contributed by atoms with Crippen LogP contribution in [0.1, 0.15) is 32.1 Å². The van der Waals surface area contributed by atoms with Gasteiger partial charge in [0.25, 0.3) is 5.17 Å². The van der Waals surface area contributed by atoms with Crippen molar-refractivity contribution in [1.29, 1.82) is 0 Å². The van der Waals surface area contributed by atoms with Crippen LogP contribution in [0.2, 0.25) is 0 Å². The van der Waals surface area contributed by atoms with Gasteiger partial charge in [0, 0.05) is 13.1 Å². The van der Waals surface area contributed by atoms with Crippen LogP contribution in [0, 0.1) is 0 Å². The summed E-state index contributed by atoms with van der Waals surface area (Å²) in [6.07, 6.45) is 5.49. The molecule has 7 heteroatoms. The molecule has 0 aromatic heterocycles. The summed E-state index contributed by atoms with van der Waals surface area (Å²) in [5.41, 5.74) is 0. The van der Waals surface area contributed by atoms with Gasteiger partial charge >= 0.3 is 7.82 Å². The Kier molecular flexibility index (Phi) is 4.52. The number of hydrogen-bond acceptors (Lipinski definition) is 3. The van der Waals surface area contributed by atoms with Gasteiger partial charge in [0.2, 0.25) is 0 Å². The first-order valence-corrected chi connectivity index (χ1v) is 6.86. The summed E-state index contributed by atoms with van der Waals surface area (Å²) in [5.74, 6) is 0. The molecule has 0 aromatic carbocycles. The molecule has 1 fully saturated rings. The smallest absolute Gasteiger partial charge is 0.377 e. The normalized spacial score (nSPS) is 18.6. The Balaban J connectivity index is 2.48. The van der Waals surface area contributed by atoms with Gasteiger partial charge in [-0.25, -0.2) is 4.57 Å². The van der Waals surface area contributed by atoms with Crippen molar-refractivity contribution < 1.29 is 18.9 Å². The van der Waals surface area contributed by atoms with Gasteiger partial charge in [-0.05, 0) is 25.1 Å². The van der Waals surface area contributed by atoms with Crippen molar-refractivity contribution in [2.75, 3.05) is 7.05 Å². The Morgan fingerprint density at radius 3 is 2.40 bits per heavy atom. The second kappa shape index (κ2) is 5.25. The van der Waals surface area contributed by atoms with Crippen molar-refractivity contribution in [3.05, 3.63) is 0 Å². The fourth-order valence-electron chi connectivity index (χ4n) is 1.78. The lowest BCUT2D eigenvalue weighted by atomic mass is 9.95. The maximum atomic E-state index is 10.6. The molecule has 0 unspecified atom stereocenters. The molecule has 88 valence electrons. The Labute approximate surface area is 94.7 Å². The Morgan fingerprint density at radius 2 is 1.93 bits per heavy atom. The van der Waals surface area contributed by atoms with Crippen molar-refractivity contribution in [3.8, 4) is 0 Å². The Morgan fingerprint density at radius 1 is 1.40 bits per heavy atom. The van der Waals surface area contributed by atoms with Crippen LogP contribution in [0.3, 0.4) is 0 Å². The maximum Gasteiger partial charge on any atom is 0.526 e. The molecule has 5 nitrogen and oxygen atoms in total. The number of rotatable bonds is 2. The fourth-order valence-corrected chi connectivity index (χ4v) is 2.56. The zero-order valence-corrected chi connectivity index (χ0v) is 10.3. The average Bonchev–Trinajstić information content (AvgIpc) is 2.15. The van der Waals surface area contributed by atoms with E-state index in [4.69, 9.17) is 22.0 Å². The van der Waals surface area contributed by atoms with Gasteiger partial charge in [0.1, 0.15) is 0 Å². The lowest BCUT2D eigenvalue weighted by Crippen LogP contribution is -2.38. The highest BCUT2D eigenvalue weighted by Crippen LogP contribution is 2.37. The van der Waals surface area contributed by atoms with Crippen molar-refractivity contribution in [3.63, 3.8) is 0 Å². The standard InChI is InChI=1S/C8H16NO4PS/c1-9(7-5-3-2-4-6-7)8(15)13-14(10,11)12/h7H,2-6H2,1H3,(H2,10,11,12). The van der Waals surface area contributed by atoms with Crippen molar-refractivity contribution >= 4 is 25.2 Å². The van der Waals surface area contributed by atoms with Crippen LogP contribution in [0.5, 0.6) is 0 Å². The minimum atomic E-state index is -4.51. The molecule has 2 N–H and O–H groups in total. The molecular formula is C8H16NO4PS. The molecule has 0 heterocycles. The predicted octanol–water partition coefficient (Wildman–Crippen LogP) is 1.65. The molecule has 0 amide bonds. The maximum absolute atomic E-state index is 10.6. The van der Waals surface area contributed by atoms with Gasteiger partial charge in [-0.3, -0.25) is 9.79 Å². The van der Waals surface area contributed by atoms with Crippen molar-refractivity contribution in [2.24, 2.45) is 0 Å². The molecule has 0 atom stereocenters. The third-order valence-electron chi connectivity index (χ3n) is 2.61. The van der Waals surface area contributed by atoms with Crippen LogP contribution in [-0.4, -0.2) is 33.0 Å². The molecule has 0 saturated heterocycles. The second-order valence-electron chi connectivity index (χ2n) is 3.75. The monoisotopic (exact) mass is 253 g/mol. The number of hydrogen-bond donors (Lipinski definition) is 2. The molecule has 1 aliphatic rings. The van der Waals surface area contributed by atoms with Crippen molar-refractivity contribution in [1.82, 2.24) is 4.90 Å². The SMILES string of the molecule is CN(C(=S)OP(=O)(O)O)C1CCCCC1. The molecule has 1 rings (SSSR count). The average molecular weight is 253 g/mol. The number of nitrogens with zero attached hydrogens (tertiary/aromatic N) is 1. The first kappa shape index (κ1) is 12.9. The minimum absolute atomic E-state index is 0.116. The van der Waals surface area contributed by atoms with Crippen LogP contribution in [-0.2, 0) is 9.09 Å². The largest absolute Gasteiger partial charge is 0.526 e. The van der Waals surface area contributed by atoms with E-state index in [0.717, 1.165) is 25.7 Å². The van der Waals surface area contributed by atoms with Crippen LogP contribution in [0.15, 0.2) is 0 Å². The summed E-state index contributed by atoms with van der Waals surface area (Å²) in [6.45, 7) is 0. The lowest BCUT2D eigenvalue weighted by molar-refractivity contribution is 0.222.